The molecule has 0 spiro atoms. The van der Waals surface area contributed by atoms with Crippen molar-refractivity contribution in [3.8, 4) is 11.1 Å². The van der Waals surface area contributed by atoms with E-state index in [1.165, 1.54) is 4.90 Å². The fourth-order valence-electron chi connectivity index (χ4n) is 6.23. The molecular weight excluding hydrogens is 438 g/mol. The molecular formula is C30H27NO4. The van der Waals surface area contributed by atoms with Gasteiger partial charge >= 0.3 is 12.1 Å². The summed E-state index contributed by atoms with van der Waals surface area (Å²) in [6, 6.07) is 19.5. The van der Waals surface area contributed by atoms with Crippen molar-refractivity contribution in [1.82, 2.24) is 0 Å². The Balaban J connectivity index is 1.37. The number of benzene rings is 3. The maximum atomic E-state index is 13.7. The van der Waals surface area contributed by atoms with Crippen LogP contribution in [0.1, 0.15) is 46.1 Å². The zero-order valence-corrected chi connectivity index (χ0v) is 19.8. The van der Waals surface area contributed by atoms with Crippen LogP contribution >= 0.6 is 0 Å². The number of fused-ring (bicyclic) bond motifs is 6. The molecule has 0 bridgehead atoms. The smallest absolute Gasteiger partial charge is 0.415 e. The Morgan fingerprint density at radius 3 is 2.26 bits per heavy atom. The minimum atomic E-state index is -0.997. The number of ether oxygens (including phenoxy) is 1. The molecule has 176 valence electrons. The summed E-state index contributed by atoms with van der Waals surface area (Å²) in [6.45, 7) is 4.09. The number of carbonyl (C=O) groups excluding carboxylic acids is 1. The largest absolute Gasteiger partial charge is 0.480 e. The van der Waals surface area contributed by atoms with E-state index in [1.54, 1.807) is 0 Å². The van der Waals surface area contributed by atoms with Gasteiger partial charge in [-0.05, 0) is 59.2 Å². The standard InChI is InChI=1S/C30H27NO4/c1-17-14-15-25-23-12-7-13-24(23)28(29(32)33)31(27(25)18(17)2)30(34)35-16-26-21-10-5-3-8-19(21)20-9-4-6-11-22(20)26/h3-12,14-15,23-24,26,28H,13,16H2,1-2H3,(H,32,33)/t23-,24+,28-/m0/s1. The number of rotatable bonds is 3. The zero-order chi connectivity index (χ0) is 24.3. The van der Waals surface area contributed by atoms with E-state index < -0.39 is 18.1 Å². The lowest BCUT2D eigenvalue weighted by Crippen LogP contribution is -2.54. The molecule has 5 heteroatoms. The number of aryl methyl sites for hydroxylation is 1. The van der Waals surface area contributed by atoms with Crippen molar-refractivity contribution in [1.29, 1.82) is 0 Å². The topological polar surface area (TPSA) is 66.8 Å². The van der Waals surface area contributed by atoms with Gasteiger partial charge in [-0.1, -0.05) is 72.8 Å². The Hall–Kier alpha value is -3.86. The first-order valence-electron chi connectivity index (χ1n) is 12.1. The van der Waals surface area contributed by atoms with Gasteiger partial charge in [-0.15, -0.1) is 0 Å². The third-order valence-electron chi connectivity index (χ3n) is 8.02. The second kappa shape index (κ2) is 8.12. The minimum Gasteiger partial charge on any atom is -0.480 e. The van der Waals surface area contributed by atoms with Gasteiger partial charge in [-0.25, -0.2) is 9.59 Å². The third kappa shape index (κ3) is 3.22. The molecule has 0 unspecified atom stereocenters. The van der Waals surface area contributed by atoms with Crippen LogP contribution in [0.4, 0.5) is 10.5 Å². The van der Waals surface area contributed by atoms with Crippen molar-refractivity contribution in [3.05, 3.63) is 101 Å². The molecule has 1 N–H and O–H groups in total. The first-order valence-corrected chi connectivity index (χ1v) is 12.1. The highest BCUT2D eigenvalue weighted by Gasteiger charge is 2.49. The predicted molar refractivity (Wildman–Crippen MR) is 135 cm³/mol. The number of hydrogen-bond acceptors (Lipinski definition) is 3. The fraction of sp³-hybridized carbons (Fsp3) is 0.267. The first kappa shape index (κ1) is 21.7. The monoisotopic (exact) mass is 465 g/mol. The molecule has 1 aliphatic heterocycles. The van der Waals surface area contributed by atoms with Gasteiger partial charge in [-0.2, -0.15) is 0 Å². The molecule has 6 rings (SSSR count). The third-order valence-corrected chi connectivity index (χ3v) is 8.02. The first-order chi connectivity index (χ1) is 17.0. The van der Waals surface area contributed by atoms with E-state index in [9.17, 15) is 14.7 Å². The molecule has 0 saturated heterocycles. The highest BCUT2D eigenvalue weighted by molar-refractivity contribution is 5.98. The van der Waals surface area contributed by atoms with E-state index in [0.29, 0.717) is 12.1 Å². The maximum absolute atomic E-state index is 13.7. The van der Waals surface area contributed by atoms with Crippen LogP contribution in [0.15, 0.2) is 72.8 Å². The Labute approximate surface area is 204 Å². The van der Waals surface area contributed by atoms with Gasteiger partial charge in [0.1, 0.15) is 12.6 Å². The number of aliphatic carboxylic acids is 1. The van der Waals surface area contributed by atoms with Crippen LogP contribution in [0.2, 0.25) is 0 Å². The summed E-state index contributed by atoms with van der Waals surface area (Å²) >= 11 is 0. The van der Waals surface area contributed by atoms with Crippen molar-refractivity contribution in [3.63, 3.8) is 0 Å². The van der Waals surface area contributed by atoms with Gasteiger partial charge in [0.25, 0.3) is 0 Å². The van der Waals surface area contributed by atoms with Crippen LogP contribution < -0.4 is 4.90 Å². The lowest BCUT2D eigenvalue weighted by Gasteiger charge is -2.42. The quantitative estimate of drug-likeness (QED) is 0.469. The zero-order valence-electron chi connectivity index (χ0n) is 19.8. The average molecular weight is 466 g/mol. The van der Waals surface area contributed by atoms with E-state index in [-0.39, 0.29) is 24.4 Å². The van der Waals surface area contributed by atoms with Crippen molar-refractivity contribution in [2.45, 2.75) is 38.1 Å². The van der Waals surface area contributed by atoms with Crippen LogP contribution in [0, 0.1) is 19.8 Å². The van der Waals surface area contributed by atoms with Crippen LogP contribution in [-0.2, 0) is 9.53 Å². The molecule has 3 atom stereocenters. The summed E-state index contributed by atoms with van der Waals surface area (Å²) in [7, 11) is 0. The highest BCUT2D eigenvalue weighted by Crippen LogP contribution is 2.50. The van der Waals surface area contributed by atoms with E-state index in [4.69, 9.17) is 4.74 Å². The van der Waals surface area contributed by atoms with Crippen LogP contribution in [0.25, 0.3) is 11.1 Å². The summed E-state index contributed by atoms with van der Waals surface area (Å²) < 4.78 is 5.96. The van der Waals surface area contributed by atoms with Gasteiger partial charge < -0.3 is 9.84 Å². The predicted octanol–water partition coefficient (Wildman–Crippen LogP) is 6.19. The average Bonchev–Trinajstić information content (AvgIpc) is 3.47. The molecule has 5 nitrogen and oxygen atoms in total. The van der Waals surface area contributed by atoms with Gasteiger partial charge in [0.05, 0.1) is 5.69 Å². The van der Waals surface area contributed by atoms with Gasteiger partial charge in [0.15, 0.2) is 0 Å². The number of nitrogens with zero attached hydrogens (tertiary/aromatic N) is 1. The lowest BCUT2D eigenvalue weighted by atomic mass is 9.77. The second-order valence-electron chi connectivity index (χ2n) is 9.76. The molecule has 3 aromatic rings. The maximum Gasteiger partial charge on any atom is 0.415 e. The molecule has 2 aliphatic carbocycles. The van der Waals surface area contributed by atoms with Crippen LogP contribution in [0.5, 0.6) is 0 Å². The Bertz CT molecular complexity index is 1350. The van der Waals surface area contributed by atoms with Gasteiger partial charge in [-0.3, -0.25) is 4.90 Å². The van der Waals surface area contributed by atoms with Crippen LogP contribution in [-0.4, -0.2) is 29.8 Å². The van der Waals surface area contributed by atoms with Gasteiger partial charge in [0, 0.05) is 17.8 Å². The number of hydrogen-bond donors (Lipinski definition) is 1. The number of carboxylic acids is 1. The highest BCUT2D eigenvalue weighted by atomic mass is 16.6. The SMILES string of the molecule is Cc1ccc2c(c1C)N(C(=O)OCC1c3ccccc3-c3ccccc31)[C@H](C(=O)O)[C@@H]1CC=C[C@H]21. The van der Waals surface area contributed by atoms with E-state index in [1.807, 2.05) is 56.3 Å². The van der Waals surface area contributed by atoms with Crippen molar-refractivity contribution >= 4 is 17.7 Å². The molecule has 0 radical (unpaired) electrons. The Morgan fingerprint density at radius 2 is 1.60 bits per heavy atom. The Kier molecular flexibility index (Phi) is 5.03. The van der Waals surface area contributed by atoms with Crippen molar-refractivity contribution in [2.75, 3.05) is 11.5 Å². The summed E-state index contributed by atoms with van der Waals surface area (Å²) in [5, 5.41) is 10.3. The normalized spacial score (nSPS) is 21.8. The number of carboxylic acid groups (broad SMARTS) is 1. The fourth-order valence-corrected chi connectivity index (χ4v) is 6.23. The van der Waals surface area contributed by atoms with Crippen molar-refractivity contribution in [2.24, 2.45) is 5.92 Å². The summed E-state index contributed by atoms with van der Waals surface area (Å²) in [6.07, 6.45) is 4.15. The molecule has 1 heterocycles. The minimum absolute atomic E-state index is 0.0111. The number of amides is 1. The number of allylic oxidation sites excluding steroid dienone is 2. The summed E-state index contributed by atoms with van der Waals surface area (Å²) in [5.41, 5.74) is 8.18. The van der Waals surface area contributed by atoms with Crippen molar-refractivity contribution < 1.29 is 19.4 Å². The van der Waals surface area contributed by atoms with Gasteiger partial charge in [0.2, 0.25) is 0 Å². The van der Waals surface area contributed by atoms with E-state index in [0.717, 1.165) is 38.9 Å². The molecule has 35 heavy (non-hydrogen) atoms. The molecule has 0 saturated carbocycles. The van der Waals surface area contributed by atoms with Crippen LogP contribution in [0.3, 0.4) is 0 Å². The summed E-state index contributed by atoms with van der Waals surface area (Å²) in [5.74, 6) is -1.30. The molecule has 3 aliphatic rings. The molecule has 0 aromatic heterocycles. The van der Waals surface area contributed by atoms with E-state index in [2.05, 4.69) is 30.3 Å². The number of carbonyl (C=O) groups is 2. The lowest BCUT2D eigenvalue weighted by molar-refractivity contribution is -0.140. The number of anilines is 1. The Morgan fingerprint density at radius 1 is 0.943 bits per heavy atom. The molecule has 1 amide bonds. The molecule has 3 aromatic carbocycles. The molecule has 0 fully saturated rings. The summed E-state index contributed by atoms with van der Waals surface area (Å²) in [4.78, 5) is 27.7. The second-order valence-corrected chi connectivity index (χ2v) is 9.76. The van der Waals surface area contributed by atoms with E-state index >= 15 is 0 Å².